The van der Waals surface area contributed by atoms with Gasteiger partial charge in [-0.3, -0.25) is 9.69 Å². The first-order chi connectivity index (χ1) is 15.7. The molecule has 7 heteroatoms. The Kier molecular flexibility index (Phi) is 5.59. The maximum Gasteiger partial charge on any atom is 0.231 e. The van der Waals surface area contributed by atoms with Gasteiger partial charge in [-0.25, -0.2) is 0 Å². The van der Waals surface area contributed by atoms with Crippen LogP contribution in [-0.4, -0.2) is 38.2 Å². The van der Waals surface area contributed by atoms with E-state index in [1.165, 1.54) is 4.88 Å². The van der Waals surface area contributed by atoms with Gasteiger partial charge in [0.25, 0.3) is 0 Å². The van der Waals surface area contributed by atoms with Gasteiger partial charge < -0.3 is 18.9 Å². The normalized spacial score (nSPS) is 16.3. The fourth-order valence-corrected chi connectivity index (χ4v) is 4.74. The molecule has 2 aliphatic heterocycles. The van der Waals surface area contributed by atoms with Crippen molar-refractivity contribution in [3.63, 3.8) is 0 Å². The second-order valence-corrected chi connectivity index (χ2v) is 8.63. The first-order valence-electron chi connectivity index (χ1n) is 10.4. The molecule has 164 valence electrons. The Morgan fingerprint density at radius 1 is 1.12 bits per heavy atom. The molecule has 6 nitrogen and oxygen atoms in total. The molecule has 2 aliphatic rings. The Morgan fingerprint density at radius 3 is 2.81 bits per heavy atom. The first-order valence-corrected chi connectivity index (χ1v) is 11.2. The summed E-state index contributed by atoms with van der Waals surface area (Å²) in [6, 6.07) is 13.4. The number of thiophene rings is 1. The van der Waals surface area contributed by atoms with E-state index in [0.717, 1.165) is 24.3 Å². The summed E-state index contributed by atoms with van der Waals surface area (Å²) >= 11 is 1.76. The van der Waals surface area contributed by atoms with Crippen LogP contribution in [0.3, 0.4) is 0 Å². The van der Waals surface area contributed by atoms with Gasteiger partial charge in [0.1, 0.15) is 18.2 Å². The zero-order valence-electron chi connectivity index (χ0n) is 17.9. The minimum Gasteiger partial charge on any atom is -0.493 e. The fraction of sp³-hybridized carbons (Fsp3) is 0.240. The molecule has 0 saturated heterocycles. The molecule has 0 fully saturated rings. The molecule has 32 heavy (non-hydrogen) atoms. The van der Waals surface area contributed by atoms with E-state index in [4.69, 9.17) is 18.9 Å². The van der Waals surface area contributed by atoms with E-state index in [1.54, 1.807) is 37.7 Å². The Bertz CT molecular complexity index is 1190. The number of ketones is 1. The van der Waals surface area contributed by atoms with Gasteiger partial charge in [0, 0.05) is 23.5 Å². The number of rotatable bonds is 6. The van der Waals surface area contributed by atoms with E-state index in [9.17, 15) is 4.79 Å². The van der Waals surface area contributed by atoms with Crippen molar-refractivity contribution < 1.29 is 23.7 Å². The van der Waals surface area contributed by atoms with Gasteiger partial charge >= 0.3 is 0 Å². The van der Waals surface area contributed by atoms with Crippen LogP contribution in [0.5, 0.6) is 23.0 Å². The molecule has 0 unspecified atom stereocenters. The fourth-order valence-electron chi connectivity index (χ4n) is 4.04. The number of allylic oxidation sites excluding steroid dienone is 1. The number of para-hydroxylation sites is 1. The molecule has 5 rings (SSSR count). The summed E-state index contributed by atoms with van der Waals surface area (Å²) < 4.78 is 22.9. The Balaban J connectivity index is 1.41. The summed E-state index contributed by atoms with van der Waals surface area (Å²) in [5.74, 6) is 2.61. The van der Waals surface area contributed by atoms with Crippen molar-refractivity contribution >= 4 is 23.2 Å². The lowest BCUT2D eigenvalue weighted by atomic mass is 10.0. The van der Waals surface area contributed by atoms with Crippen LogP contribution >= 0.6 is 11.3 Å². The van der Waals surface area contributed by atoms with E-state index in [-0.39, 0.29) is 11.5 Å². The molecule has 0 radical (unpaired) electrons. The van der Waals surface area contributed by atoms with E-state index in [2.05, 4.69) is 22.4 Å². The predicted molar refractivity (Wildman–Crippen MR) is 123 cm³/mol. The standard InChI is InChI=1S/C25H23NO5S/c1-28-21-7-3-5-16(24(21)29-2)13-22-23(27)18-8-9-20-19(25(18)31-22)14-26(15-30-20)11-10-17-6-4-12-32-17/h3-9,12-13H,10-11,14-15H2,1-2H3/b22-13-. The van der Waals surface area contributed by atoms with Crippen molar-refractivity contribution in [1.29, 1.82) is 0 Å². The summed E-state index contributed by atoms with van der Waals surface area (Å²) in [5, 5.41) is 2.09. The number of carbonyl (C=O) groups excluding carboxylic acids is 1. The van der Waals surface area contributed by atoms with Gasteiger partial charge in [-0.1, -0.05) is 18.2 Å². The lowest BCUT2D eigenvalue weighted by molar-refractivity contribution is 0.0951. The Labute approximate surface area is 190 Å². The average molecular weight is 450 g/mol. The molecular formula is C25H23NO5S. The Hall–Kier alpha value is -3.29. The molecule has 0 bridgehead atoms. The highest BCUT2D eigenvalue weighted by atomic mass is 32.1. The molecule has 0 amide bonds. The number of hydrogen-bond donors (Lipinski definition) is 0. The van der Waals surface area contributed by atoms with Gasteiger partial charge in [0.15, 0.2) is 17.3 Å². The highest BCUT2D eigenvalue weighted by Crippen LogP contribution is 2.43. The van der Waals surface area contributed by atoms with Gasteiger partial charge in [-0.2, -0.15) is 0 Å². The van der Waals surface area contributed by atoms with Crippen LogP contribution in [0.2, 0.25) is 0 Å². The number of fused-ring (bicyclic) bond motifs is 3. The van der Waals surface area contributed by atoms with Crippen molar-refractivity contribution in [3.05, 3.63) is 75.2 Å². The lowest BCUT2D eigenvalue weighted by Crippen LogP contribution is -2.33. The van der Waals surface area contributed by atoms with Gasteiger partial charge in [-0.05, 0) is 42.1 Å². The average Bonchev–Trinajstić information content (AvgIpc) is 3.46. The van der Waals surface area contributed by atoms with E-state index in [0.29, 0.717) is 41.7 Å². The maximum atomic E-state index is 13.1. The number of methoxy groups -OCH3 is 2. The van der Waals surface area contributed by atoms with Crippen LogP contribution in [0.15, 0.2) is 53.6 Å². The molecule has 0 spiro atoms. The minimum absolute atomic E-state index is 0.150. The summed E-state index contributed by atoms with van der Waals surface area (Å²) in [4.78, 5) is 16.7. The van der Waals surface area contributed by atoms with Crippen LogP contribution in [-0.2, 0) is 13.0 Å². The van der Waals surface area contributed by atoms with Crippen molar-refractivity contribution in [1.82, 2.24) is 4.90 Å². The van der Waals surface area contributed by atoms with Gasteiger partial charge in [-0.15, -0.1) is 11.3 Å². The van der Waals surface area contributed by atoms with Gasteiger partial charge in [0.05, 0.1) is 25.3 Å². The number of carbonyl (C=O) groups is 1. The van der Waals surface area contributed by atoms with Crippen LogP contribution in [0.1, 0.15) is 26.4 Å². The highest BCUT2D eigenvalue weighted by Gasteiger charge is 2.33. The van der Waals surface area contributed by atoms with Crippen molar-refractivity contribution in [3.8, 4) is 23.0 Å². The SMILES string of the molecule is COc1cccc(/C=C2\Oc3c(ccc4c3CN(CCc3cccs3)CO4)C2=O)c1OC. The zero-order valence-corrected chi connectivity index (χ0v) is 18.7. The summed E-state index contributed by atoms with van der Waals surface area (Å²) in [7, 11) is 3.16. The number of benzene rings is 2. The molecular weight excluding hydrogens is 426 g/mol. The molecule has 0 saturated carbocycles. The van der Waals surface area contributed by atoms with E-state index >= 15 is 0 Å². The third kappa shape index (κ3) is 3.74. The topological polar surface area (TPSA) is 57.2 Å². The maximum absolute atomic E-state index is 13.1. The third-order valence-corrected chi connectivity index (χ3v) is 6.59. The van der Waals surface area contributed by atoms with Crippen LogP contribution in [0, 0.1) is 0 Å². The van der Waals surface area contributed by atoms with E-state index in [1.807, 2.05) is 24.3 Å². The molecule has 3 heterocycles. The number of nitrogens with zero attached hydrogens (tertiary/aromatic N) is 1. The monoisotopic (exact) mass is 449 g/mol. The first kappa shape index (κ1) is 20.6. The predicted octanol–water partition coefficient (Wildman–Crippen LogP) is 4.78. The largest absolute Gasteiger partial charge is 0.493 e. The molecule has 3 aromatic rings. The molecule has 0 N–H and O–H groups in total. The third-order valence-electron chi connectivity index (χ3n) is 5.66. The lowest BCUT2D eigenvalue weighted by Gasteiger charge is -2.29. The molecule has 0 atom stereocenters. The highest BCUT2D eigenvalue weighted by molar-refractivity contribution is 7.09. The number of hydrogen-bond acceptors (Lipinski definition) is 7. The van der Waals surface area contributed by atoms with Crippen LogP contribution in [0.4, 0.5) is 0 Å². The minimum atomic E-state index is -0.150. The zero-order chi connectivity index (χ0) is 22.1. The van der Waals surface area contributed by atoms with E-state index < -0.39 is 0 Å². The second-order valence-electron chi connectivity index (χ2n) is 7.60. The van der Waals surface area contributed by atoms with Gasteiger partial charge in [0.2, 0.25) is 5.78 Å². The smallest absolute Gasteiger partial charge is 0.231 e. The molecule has 0 aliphatic carbocycles. The molecule has 2 aromatic carbocycles. The number of Topliss-reactive ketones (excluding diaryl/α,β-unsaturated/α-hetero) is 1. The van der Waals surface area contributed by atoms with Crippen LogP contribution in [0.25, 0.3) is 6.08 Å². The summed E-state index contributed by atoms with van der Waals surface area (Å²) in [5.41, 5.74) is 2.18. The van der Waals surface area contributed by atoms with Crippen molar-refractivity contribution in [2.75, 3.05) is 27.5 Å². The van der Waals surface area contributed by atoms with Crippen molar-refractivity contribution in [2.24, 2.45) is 0 Å². The summed E-state index contributed by atoms with van der Waals surface area (Å²) in [6.07, 6.45) is 2.67. The second kappa shape index (κ2) is 8.68. The quantitative estimate of drug-likeness (QED) is 0.505. The van der Waals surface area contributed by atoms with Crippen molar-refractivity contribution in [2.45, 2.75) is 13.0 Å². The Morgan fingerprint density at radius 2 is 2.03 bits per heavy atom. The summed E-state index contributed by atoms with van der Waals surface area (Å²) in [6.45, 7) is 2.07. The molecule has 1 aromatic heterocycles. The van der Waals surface area contributed by atoms with Crippen LogP contribution < -0.4 is 18.9 Å². The number of ether oxygens (including phenoxy) is 4.